The molecule has 290 valence electrons. The Hall–Kier alpha value is -2.85. The summed E-state index contributed by atoms with van der Waals surface area (Å²) in [6.07, 6.45) is -12.5. The number of aliphatic hydroxyl groups excluding tert-OH is 4. The normalized spacial score (nSPS) is 31.2. The predicted octanol–water partition coefficient (Wildman–Crippen LogP) is -4.31. The van der Waals surface area contributed by atoms with E-state index in [0.29, 0.717) is 4.57 Å². The molecule has 0 amide bonds. The van der Waals surface area contributed by atoms with E-state index in [9.17, 15) is 77.4 Å². The number of hydrogen-bond donors (Lipinski definition) is 11. The van der Waals surface area contributed by atoms with Gasteiger partial charge in [0.25, 0.3) is 11.1 Å². The molecule has 5 rings (SSSR count). The number of rotatable bonds is 14. The van der Waals surface area contributed by atoms with Crippen LogP contribution in [0.2, 0.25) is 0 Å². The first-order valence-electron chi connectivity index (χ1n) is 13.8. The average Bonchev–Trinajstić information content (AvgIpc) is 3.63. The molecule has 29 nitrogen and oxygen atoms in total. The Bertz CT molecular complexity index is 2250. The van der Waals surface area contributed by atoms with E-state index >= 15 is 0 Å². The fourth-order valence-corrected chi connectivity index (χ4v) is 9.72. The van der Waals surface area contributed by atoms with Gasteiger partial charge in [-0.05, 0) is 0 Å². The lowest BCUT2D eigenvalue weighted by Gasteiger charge is -2.21. The Balaban J connectivity index is 1.15. The van der Waals surface area contributed by atoms with Gasteiger partial charge in [0.05, 0.1) is 19.5 Å². The van der Waals surface area contributed by atoms with E-state index < -0.39 is 116 Å². The number of phosphoric ester groups is 2. The van der Waals surface area contributed by atoms with Crippen LogP contribution in [0.4, 0.5) is 0 Å². The van der Waals surface area contributed by atoms with Crippen LogP contribution in [0.3, 0.4) is 0 Å². The number of aromatic nitrogens is 6. The van der Waals surface area contributed by atoms with Crippen molar-refractivity contribution in [3.8, 4) is 0 Å². The molecule has 0 bridgehead atoms. The van der Waals surface area contributed by atoms with Crippen LogP contribution in [0.5, 0.6) is 0 Å². The van der Waals surface area contributed by atoms with Gasteiger partial charge < -0.3 is 49.5 Å². The second-order valence-electron chi connectivity index (χ2n) is 10.6. The molecule has 12 atom stereocenters. The largest absolute Gasteiger partial charge is 0.490 e. The summed E-state index contributed by atoms with van der Waals surface area (Å²) in [6, 6.07) is 0.866. The van der Waals surface area contributed by atoms with Crippen molar-refractivity contribution in [1.29, 1.82) is 0 Å². The molecule has 0 aliphatic carbocycles. The van der Waals surface area contributed by atoms with E-state index in [4.69, 9.17) is 9.47 Å². The van der Waals surface area contributed by atoms with Crippen LogP contribution in [0, 0.1) is 0 Å². The third-order valence-corrected chi connectivity index (χ3v) is 12.9. The van der Waals surface area contributed by atoms with Crippen LogP contribution >= 0.6 is 31.3 Å². The van der Waals surface area contributed by atoms with E-state index in [1.54, 1.807) is 0 Å². The van der Waals surface area contributed by atoms with Crippen molar-refractivity contribution in [3.63, 3.8) is 0 Å². The summed E-state index contributed by atoms with van der Waals surface area (Å²) in [5, 5.41) is 41.2. The highest BCUT2D eigenvalue weighted by Crippen LogP contribution is 2.71. The molecule has 3 aromatic rings. The zero-order chi connectivity index (χ0) is 38.6. The molecule has 0 saturated carbocycles. The molecule has 2 fully saturated rings. The zero-order valence-electron chi connectivity index (χ0n) is 25.1. The van der Waals surface area contributed by atoms with Crippen molar-refractivity contribution >= 4 is 42.5 Å². The van der Waals surface area contributed by atoms with Gasteiger partial charge in [-0.15, -0.1) is 0 Å². The monoisotopic (exact) mass is 830 g/mol. The molecule has 2 aliphatic rings. The molecule has 0 aromatic carbocycles. The van der Waals surface area contributed by atoms with Gasteiger partial charge in [-0.1, -0.05) is 0 Å². The lowest BCUT2D eigenvalue weighted by Crippen LogP contribution is -2.37. The Morgan fingerprint density at radius 2 is 1.17 bits per heavy atom. The molecule has 52 heavy (non-hydrogen) atoms. The Morgan fingerprint density at radius 1 is 0.692 bits per heavy atom. The van der Waals surface area contributed by atoms with Crippen molar-refractivity contribution in [2.75, 3.05) is 13.2 Å². The molecule has 3 aromatic heterocycles. The van der Waals surface area contributed by atoms with Crippen LogP contribution in [0.15, 0.2) is 37.8 Å². The van der Waals surface area contributed by atoms with E-state index in [2.05, 4.69) is 31.9 Å². The fraction of sp³-hybridized carbons (Fsp3) is 0.526. The first kappa shape index (κ1) is 40.3. The minimum absolute atomic E-state index is 0.257. The number of H-pyrrole nitrogens is 3. The molecule has 2 saturated heterocycles. The summed E-state index contributed by atoms with van der Waals surface area (Å²) < 4.78 is 81.5. The molecule has 0 spiro atoms. The van der Waals surface area contributed by atoms with E-state index in [-0.39, 0.29) is 11.2 Å². The Morgan fingerprint density at radius 3 is 1.67 bits per heavy atom. The van der Waals surface area contributed by atoms with Gasteiger partial charge in [-0.2, -0.15) is 12.9 Å². The van der Waals surface area contributed by atoms with Crippen LogP contribution < -0.4 is 22.5 Å². The van der Waals surface area contributed by atoms with Crippen molar-refractivity contribution in [3.05, 3.63) is 60.3 Å². The summed E-state index contributed by atoms with van der Waals surface area (Å²) in [7, 11) is -24.2. The maximum atomic E-state index is 12.3. The average molecular weight is 830 g/mol. The van der Waals surface area contributed by atoms with Crippen LogP contribution in [-0.2, 0) is 49.7 Å². The Kier molecular flexibility index (Phi) is 11.5. The maximum absolute atomic E-state index is 12.3. The van der Waals surface area contributed by atoms with Gasteiger partial charge in [0.1, 0.15) is 42.3 Å². The van der Waals surface area contributed by atoms with Gasteiger partial charge >= 0.3 is 42.7 Å². The summed E-state index contributed by atoms with van der Waals surface area (Å²) in [5.74, 6) is 0. The van der Waals surface area contributed by atoms with Crippen molar-refractivity contribution < 1.29 is 89.7 Å². The highest BCUT2D eigenvalue weighted by atomic mass is 31.3. The van der Waals surface area contributed by atoms with Crippen molar-refractivity contribution in [2.24, 2.45) is 0 Å². The second-order valence-corrected chi connectivity index (χ2v) is 16.8. The lowest BCUT2D eigenvalue weighted by molar-refractivity contribution is -0.0542. The topological polar surface area (TPSA) is 433 Å². The van der Waals surface area contributed by atoms with Crippen molar-refractivity contribution in [2.45, 2.75) is 49.1 Å². The second kappa shape index (κ2) is 14.8. The number of ether oxygens (including phenoxy) is 2. The highest BCUT2D eigenvalue weighted by molar-refractivity contribution is 7.69. The van der Waals surface area contributed by atoms with Crippen LogP contribution in [0.1, 0.15) is 12.5 Å². The molecular weight excluding hydrogens is 804 g/mol. The highest BCUT2D eigenvalue weighted by Gasteiger charge is 2.50. The minimum Gasteiger partial charge on any atom is -0.387 e. The summed E-state index contributed by atoms with van der Waals surface area (Å²) >= 11 is 0. The summed E-state index contributed by atoms with van der Waals surface area (Å²) in [4.78, 5) is 95.8. The van der Waals surface area contributed by atoms with E-state index in [1.165, 1.54) is 0 Å². The van der Waals surface area contributed by atoms with Gasteiger partial charge in [0.2, 0.25) is 0 Å². The van der Waals surface area contributed by atoms with E-state index in [1.807, 2.05) is 9.97 Å². The molecule has 0 radical (unpaired) electrons. The number of imidazole rings is 1. The lowest BCUT2D eigenvalue weighted by atomic mass is 10.1. The summed E-state index contributed by atoms with van der Waals surface area (Å²) in [5.41, 5.74) is -4.33. The standard InChI is InChI=1S/C19H26N6O23P4/c26-8-1-2-24(19(33)21-8)16-12(29)10(27)6(44-16)3-42-49(34,35)46-51(38,39)48-52(40,41)47-50(36,37)43-4-7-11(28)13(30)17(45-7)25-5-20-9-14(25)22-18(32)23-15(9)31/h1-2,5-7,10-13,16-17,27-30H,3-4H2,(H,34,35)(H,36,37)(H,38,39)(H,40,41)(H,21,26,33)(H2,22,23,31,32)/t6-,7+,10-,11+,12-,13+,16-,17+/m1/s1. The third kappa shape index (κ3) is 9.08. The molecule has 4 unspecified atom stereocenters. The Labute approximate surface area is 284 Å². The molecular formula is C19H26N6O23P4. The molecule has 2 aliphatic heterocycles. The predicted molar refractivity (Wildman–Crippen MR) is 159 cm³/mol. The first-order chi connectivity index (χ1) is 24.0. The number of nitrogens with zero attached hydrogens (tertiary/aromatic N) is 3. The van der Waals surface area contributed by atoms with Gasteiger partial charge in [0.15, 0.2) is 18.0 Å². The molecule has 5 heterocycles. The smallest absolute Gasteiger partial charge is 0.387 e. The number of fused-ring (bicyclic) bond motifs is 1. The fourth-order valence-electron chi connectivity index (χ4n) is 4.77. The first-order valence-corrected chi connectivity index (χ1v) is 19.7. The van der Waals surface area contributed by atoms with Gasteiger partial charge in [-0.3, -0.25) is 42.7 Å². The number of phosphoric acid groups is 4. The zero-order valence-corrected chi connectivity index (χ0v) is 28.7. The number of nitrogens with one attached hydrogen (secondary N) is 3. The number of hydrogen-bond acceptors (Lipinski definition) is 20. The number of aliphatic hydroxyl groups is 4. The van der Waals surface area contributed by atoms with Crippen molar-refractivity contribution in [1.82, 2.24) is 29.1 Å². The maximum Gasteiger partial charge on any atom is 0.490 e. The third-order valence-electron chi connectivity index (χ3n) is 6.96. The SMILES string of the molecule is O=c1ccn([C@@H]2O[C@H](COP(=O)(O)OP(=O)(O)OP(=O)(O)OP(=O)(O)OC[C@@H]3O[C@H](n4cnc5c(=O)[nH]c(=O)[nH]c54)[C@@H](O)[C@H]3O)[C@@H](O)[C@H]2O)c(=O)[nH]1. The number of aromatic amines is 3. The molecule has 33 heteroatoms. The molecule has 11 N–H and O–H groups in total. The van der Waals surface area contributed by atoms with Gasteiger partial charge in [-0.25, -0.2) is 32.8 Å². The van der Waals surface area contributed by atoms with Crippen LogP contribution in [-0.4, -0.2) is 119 Å². The van der Waals surface area contributed by atoms with Crippen LogP contribution in [0.25, 0.3) is 11.2 Å². The minimum atomic E-state index is -6.26. The quantitative estimate of drug-likeness (QED) is 0.0684. The van der Waals surface area contributed by atoms with E-state index in [0.717, 1.165) is 23.2 Å². The van der Waals surface area contributed by atoms with Gasteiger partial charge in [0, 0.05) is 12.3 Å². The summed E-state index contributed by atoms with van der Waals surface area (Å²) in [6.45, 7) is -2.42.